The first kappa shape index (κ1) is 15.7. The first-order chi connectivity index (χ1) is 7.91. The lowest BCUT2D eigenvalue weighted by Crippen LogP contribution is -2.16. The molecule has 0 atom stereocenters. The van der Waals surface area contributed by atoms with Gasteiger partial charge in [0.15, 0.2) is 0 Å². The Bertz CT molecular complexity index is 285. The van der Waals surface area contributed by atoms with Crippen molar-refractivity contribution < 1.29 is 33.4 Å². The van der Waals surface area contributed by atoms with Gasteiger partial charge in [0.1, 0.15) is 13.2 Å². The van der Waals surface area contributed by atoms with E-state index in [4.69, 9.17) is 23.2 Å². The Labute approximate surface area is 106 Å². The van der Waals surface area contributed by atoms with Crippen LogP contribution in [0.3, 0.4) is 0 Å². The Morgan fingerprint density at radius 2 is 1.12 bits per heavy atom. The molecular weight excluding hydrogens is 279 g/mol. The third-order valence-corrected chi connectivity index (χ3v) is 1.49. The normalized spacial score (nSPS) is 9.29. The molecule has 9 heteroatoms. The fourth-order valence-electron chi connectivity index (χ4n) is 0.658. The molecular formula is C8H8Cl2O7. The molecule has 0 aromatic rings. The summed E-state index contributed by atoms with van der Waals surface area (Å²) in [4.78, 5) is 42.1. The standard InChI is InChI=1S/C8H8Cl2O7/c9-7(13)15-3-1-5(11)17-6(12)2-4-16-8(10)14/h1-4H2. The van der Waals surface area contributed by atoms with Crippen molar-refractivity contribution in [2.24, 2.45) is 0 Å². The van der Waals surface area contributed by atoms with Crippen LogP contribution in [0.15, 0.2) is 0 Å². The van der Waals surface area contributed by atoms with Gasteiger partial charge in [0.25, 0.3) is 0 Å². The molecule has 0 N–H and O–H groups in total. The Balaban J connectivity index is 3.62. The van der Waals surface area contributed by atoms with E-state index in [1.54, 1.807) is 0 Å². The quantitative estimate of drug-likeness (QED) is 0.316. The first-order valence-electron chi connectivity index (χ1n) is 4.30. The summed E-state index contributed by atoms with van der Waals surface area (Å²) in [6.45, 7) is -0.573. The van der Waals surface area contributed by atoms with Gasteiger partial charge in [0, 0.05) is 23.2 Å². The Kier molecular flexibility index (Phi) is 8.08. The maximum absolute atomic E-state index is 10.9. The van der Waals surface area contributed by atoms with Gasteiger partial charge in [0.05, 0.1) is 12.8 Å². The van der Waals surface area contributed by atoms with Crippen molar-refractivity contribution in [3.05, 3.63) is 0 Å². The highest BCUT2D eigenvalue weighted by Crippen LogP contribution is 1.96. The Morgan fingerprint density at radius 3 is 1.41 bits per heavy atom. The van der Waals surface area contributed by atoms with Gasteiger partial charge in [-0.1, -0.05) is 0 Å². The van der Waals surface area contributed by atoms with Gasteiger partial charge in [-0.25, -0.2) is 9.59 Å². The maximum Gasteiger partial charge on any atom is 0.403 e. The number of ether oxygens (including phenoxy) is 3. The van der Waals surface area contributed by atoms with Gasteiger partial charge in [-0.15, -0.1) is 0 Å². The Morgan fingerprint density at radius 1 is 0.765 bits per heavy atom. The fraction of sp³-hybridized carbons (Fsp3) is 0.500. The van der Waals surface area contributed by atoms with Crippen LogP contribution in [-0.4, -0.2) is 36.0 Å². The molecule has 0 radical (unpaired) electrons. The number of halogens is 2. The van der Waals surface area contributed by atoms with E-state index in [-0.39, 0.29) is 26.1 Å². The topological polar surface area (TPSA) is 96.0 Å². The van der Waals surface area contributed by atoms with Gasteiger partial charge in [-0.2, -0.15) is 0 Å². The molecule has 0 aliphatic rings. The number of carbonyl (C=O) groups excluding carboxylic acids is 4. The SMILES string of the molecule is O=C(Cl)OCCC(=O)OC(=O)CCOC(=O)Cl. The molecule has 0 aliphatic carbocycles. The van der Waals surface area contributed by atoms with E-state index in [0.29, 0.717) is 0 Å². The summed E-state index contributed by atoms with van der Waals surface area (Å²) in [5.41, 5.74) is -2.11. The first-order valence-corrected chi connectivity index (χ1v) is 5.05. The third-order valence-electron chi connectivity index (χ3n) is 1.27. The van der Waals surface area contributed by atoms with E-state index in [1.807, 2.05) is 0 Å². The maximum atomic E-state index is 10.9. The molecule has 7 nitrogen and oxygen atoms in total. The minimum Gasteiger partial charge on any atom is -0.453 e. The van der Waals surface area contributed by atoms with Crippen molar-refractivity contribution in [2.45, 2.75) is 12.8 Å². The zero-order valence-corrected chi connectivity index (χ0v) is 9.95. The van der Waals surface area contributed by atoms with Gasteiger partial charge in [-0.3, -0.25) is 9.59 Å². The molecule has 0 rings (SSSR count). The molecule has 0 aromatic carbocycles. The molecule has 0 spiro atoms. The molecule has 0 saturated carbocycles. The molecule has 0 amide bonds. The second-order valence-electron chi connectivity index (χ2n) is 2.52. The molecule has 0 heterocycles. The van der Waals surface area contributed by atoms with Crippen molar-refractivity contribution in [2.75, 3.05) is 13.2 Å². The van der Waals surface area contributed by atoms with Gasteiger partial charge in [-0.05, 0) is 0 Å². The lowest BCUT2D eigenvalue weighted by Gasteiger charge is -2.02. The summed E-state index contributed by atoms with van der Waals surface area (Å²) >= 11 is 9.65. The summed E-state index contributed by atoms with van der Waals surface area (Å²) in [5, 5.41) is 0. The van der Waals surface area contributed by atoms with E-state index in [0.717, 1.165) is 0 Å². The third kappa shape index (κ3) is 10.9. The minimum absolute atomic E-state index is 0.287. The van der Waals surface area contributed by atoms with Crippen LogP contribution in [0.4, 0.5) is 9.59 Å². The molecule has 0 fully saturated rings. The summed E-state index contributed by atoms with van der Waals surface area (Å²) in [7, 11) is 0. The van der Waals surface area contributed by atoms with Crippen LogP contribution in [-0.2, 0) is 23.8 Å². The molecule has 0 aliphatic heterocycles. The van der Waals surface area contributed by atoms with E-state index in [2.05, 4.69) is 14.2 Å². The second-order valence-corrected chi connectivity index (χ2v) is 3.14. The Hall–Kier alpha value is -1.34. The lowest BCUT2D eigenvalue weighted by atomic mass is 10.4. The number of carbonyl (C=O) groups is 4. The van der Waals surface area contributed by atoms with Crippen molar-refractivity contribution >= 4 is 46.0 Å². The van der Waals surface area contributed by atoms with Crippen LogP contribution in [0.1, 0.15) is 12.8 Å². The second kappa shape index (κ2) is 8.77. The largest absolute Gasteiger partial charge is 0.453 e. The van der Waals surface area contributed by atoms with Crippen LogP contribution >= 0.6 is 23.2 Å². The molecule has 0 saturated heterocycles. The van der Waals surface area contributed by atoms with E-state index >= 15 is 0 Å². The smallest absolute Gasteiger partial charge is 0.403 e. The van der Waals surface area contributed by atoms with Crippen molar-refractivity contribution in [3.63, 3.8) is 0 Å². The van der Waals surface area contributed by atoms with Crippen molar-refractivity contribution in [3.8, 4) is 0 Å². The zero-order chi connectivity index (χ0) is 13.3. The molecule has 0 unspecified atom stereocenters. The highest BCUT2D eigenvalue weighted by Gasteiger charge is 2.11. The number of hydrogen-bond acceptors (Lipinski definition) is 7. The van der Waals surface area contributed by atoms with Crippen LogP contribution in [0.25, 0.3) is 0 Å². The predicted octanol–water partition coefficient (Wildman–Crippen LogP) is 1.59. The number of rotatable bonds is 6. The zero-order valence-electron chi connectivity index (χ0n) is 8.44. The minimum atomic E-state index is -1.06. The average Bonchev–Trinajstić information content (AvgIpc) is 2.15. The van der Waals surface area contributed by atoms with Crippen molar-refractivity contribution in [1.29, 1.82) is 0 Å². The molecule has 17 heavy (non-hydrogen) atoms. The summed E-state index contributed by atoms with van der Waals surface area (Å²) in [6, 6.07) is 0. The summed E-state index contributed by atoms with van der Waals surface area (Å²) < 4.78 is 12.7. The predicted molar refractivity (Wildman–Crippen MR) is 54.7 cm³/mol. The van der Waals surface area contributed by atoms with E-state index < -0.39 is 22.8 Å². The number of hydrogen-bond donors (Lipinski definition) is 0. The van der Waals surface area contributed by atoms with Crippen LogP contribution in [0.2, 0.25) is 0 Å². The van der Waals surface area contributed by atoms with Crippen molar-refractivity contribution in [1.82, 2.24) is 0 Å². The highest BCUT2D eigenvalue weighted by atomic mass is 35.5. The summed E-state index contributed by atoms with van der Waals surface area (Å²) in [6.07, 6.45) is -0.612. The van der Waals surface area contributed by atoms with Crippen LogP contribution < -0.4 is 0 Å². The molecule has 0 bridgehead atoms. The van der Waals surface area contributed by atoms with Crippen LogP contribution in [0.5, 0.6) is 0 Å². The fourth-order valence-corrected chi connectivity index (χ4v) is 0.813. The van der Waals surface area contributed by atoms with Gasteiger partial charge >= 0.3 is 22.8 Å². The number of esters is 2. The van der Waals surface area contributed by atoms with Gasteiger partial charge in [0.2, 0.25) is 0 Å². The molecule has 96 valence electrons. The molecule has 0 aromatic heterocycles. The van der Waals surface area contributed by atoms with E-state index in [9.17, 15) is 19.2 Å². The lowest BCUT2D eigenvalue weighted by molar-refractivity contribution is -0.160. The highest BCUT2D eigenvalue weighted by molar-refractivity contribution is 6.61. The van der Waals surface area contributed by atoms with Crippen LogP contribution in [0, 0.1) is 0 Å². The monoisotopic (exact) mass is 286 g/mol. The van der Waals surface area contributed by atoms with Gasteiger partial charge < -0.3 is 14.2 Å². The summed E-state index contributed by atoms with van der Waals surface area (Å²) in [5.74, 6) is -1.77. The van der Waals surface area contributed by atoms with E-state index in [1.165, 1.54) is 0 Å². The average molecular weight is 287 g/mol.